The fraction of sp³-hybridized carbons (Fsp3) is 0.424. The van der Waals surface area contributed by atoms with Gasteiger partial charge in [0.2, 0.25) is 0 Å². The number of halogens is 1. The van der Waals surface area contributed by atoms with Crippen molar-refractivity contribution in [3.63, 3.8) is 0 Å². The number of benzene rings is 3. The molecule has 1 saturated heterocycles. The quantitative estimate of drug-likeness (QED) is 0.232. The smallest absolute Gasteiger partial charge is 0.358 e. The Labute approximate surface area is 238 Å². The molecule has 3 aromatic carbocycles. The number of carbonyl (C=O) groups is 1. The Morgan fingerprint density at radius 2 is 1.66 bits per heavy atom. The number of esters is 1. The van der Waals surface area contributed by atoms with Crippen LogP contribution in [0, 0.1) is 19.5 Å². The van der Waals surface area contributed by atoms with Gasteiger partial charge in [-0.2, -0.15) is 0 Å². The van der Waals surface area contributed by atoms with Crippen LogP contribution in [0.5, 0.6) is 11.5 Å². The molecule has 202 valence electrons. The minimum Gasteiger partial charge on any atom is -0.465 e. The molecule has 4 nitrogen and oxygen atoms in total. The number of aryl methyl sites for hydroxylation is 2. The number of rotatable bonds is 11. The van der Waals surface area contributed by atoms with Gasteiger partial charge in [0.1, 0.15) is 18.1 Å². The summed E-state index contributed by atoms with van der Waals surface area (Å²) in [5.74, 6) is 1.56. The van der Waals surface area contributed by atoms with E-state index in [0.29, 0.717) is 26.2 Å². The molecule has 0 bridgehead atoms. The van der Waals surface area contributed by atoms with Crippen molar-refractivity contribution in [1.82, 2.24) is 0 Å². The standard InChI is InChI=1S/C33H40IO4/c1-6-33(21-36-22-33)23-37-31(35)9-7-8-25-10-16-28(17-11-25)38-29-18-19-30(24(2)20-29)34-27-14-12-26(13-15-27)32(3,4)5/h10-20H,6-9,21-23H2,1-5H3/q+1. The molecule has 38 heavy (non-hydrogen) atoms. The SMILES string of the molecule is CCC1(COC(=O)CCCc2ccc(Oc3ccc([I+]c4ccc(C(C)(C)C)cc4)c(C)c3)cc2)COC1. The van der Waals surface area contributed by atoms with E-state index in [4.69, 9.17) is 14.2 Å². The Morgan fingerprint density at radius 1 is 0.974 bits per heavy atom. The van der Waals surface area contributed by atoms with E-state index in [1.807, 2.05) is 12.1 Å². The molecule has 1 aliphatic heterocycles. The molecule has 3 aromatic rings. The van der Waals surface area contributed by atoms with Crippen LogP contribution >= 0.6 is 0 Å². The average molecular weight is 628 g/mol. The van der Waals surface area contributed by atoms with Crippen molar-refractivity contribution in [2.24, 2.45) is 5.41 Å². The van der Waals surface area contributed by atoms with E-state index >= 15 is 0 Å². The fourth-order valence-corrected chi connectivity index (χ4v) is 6.63. The molecule has 1 aliphatic rings. The molecular weight excluding hydrogens is 587 g/mol. The molecule has 0 saturated carbocycles. The van der Waals surface area contributed by atoms with Gasteiger partial charge in [0.25, 0.3) is 0 Å². The maximum absolute atomic E-state index is 12.1. The number of carbonyl (C=O) groups excluding carboxylic acids is 1. The molecule has 0 spiro atoms. The van der Waals surface area contributed by atoms with Crippen molar-refractivity contribution in [1.29, 1.82) is 0 Å². The van der Waals surface area contributed by atoms with Crippen LogP contribution in [0.1, 0.15) is 63.6 Å². The van der Waals surface area contributed by atoms with Crippen LogP contribution in [0.3, 0.4) is 0 Å². The van der Waals surface area contributed by atoms with Crippen LogP contribution in [0.25, 0.3) is 0 Å². The molecule has 0 unspecified atom stereocenters. The van der Waals surface area contributed by atoms with E-state index in [0.717, 1.165) is 30.8 Å². The Balaban J connectivity index is 1.23. The molecule has 0 N–H and O–H groups in total. The second kappa shape index (κ2) is 12.6. The highest BCUT2D eigenvalue weighted by atomic mass is 127. The van der Waals surface area contributed by atoms with Crippen LogP contribution in [0.2, 0.25) is 0 Å². The maximum atomic E-state index is 12.1. The summed E-state index contributed by atoms with van der Waals surface area (Å²) in [5.41, 5.74) is 4.06. The first-order valence-corrected chi connectivity index (χ1v) is 15.7. The number of ether oxygens (including phenoxy) is 3. The van der Waals surface area contributed by atoms with Crippen LogP contribution in [-0.4, -0.2) is 25.8 Å². The Bertz CT molecular complexity index is 1200. The van der Waals surface area contributed by atoms with E-state index in [1.165, 1.54) is 23.8 Å². The molecule has 1 heterocycles. The third-order valence-electron chi connectivity index (χ3n) is 7.16. The van der Waals surface area contributed by atoms with Gasteiger partial charge in [0, 0.05) is 12.0 Å². The van der Waals surface area contributed by atoms with Crippen LogP contribution < -0.4 is 25.9 Å². The first kappa shape index (κ1) is 28.6. The summed E-state index contributed by atoms with van der Waals surface area (Å²) in [4.78, 5) is 12.1. The van der Waals surface area contributed by atoms with Gasteiger partial charge in [-0.15, -0.1) is 0 Å². The van der Waals surface area contributed by atoms with Crippen LogP contribution in [-0.2, 0) is 26.1 Å². The molecule has 0 aromatic heterocycles. The van der Waals surface area contributed by atoms with Gasteiger partial charge in [0.15, 0.2) is 7.14 Å². The van der Waals surface area contributed by atoms with E-state index in [-0.39, 0.29) is 38.0 Å². The number of hydrogen-bond donors (Lipinski definition) is 0. The highest BCUT2D eigenvalue weighted by Crippen LogP contribution is 2.31. The normalized spacial score (nSPS) is 14.6. The second-order valence-electron chi connectivity index (χ2n) is 11.4. The zero-order valence-electron chi connectivity index (χ0n) is 23.3. The molecule has 1 fully saturated rings. The van der Waals surface area contributed by atoms with E-state index in [1.54, 1.807) is 0 Å². The summed E-state index contributed by atoms with van der Waals surface area (Å²) in [7, 11) is 0. The summed E-state index contributed by atoms with van der Waals surface area (Å²) >= 11 is -0.233. The van der Waals surface area contributed by atoms with Gasteiger partial charge < -0.3 is 14.2 Å². The third-order valence-corrected chi connectivity index (χ3v) is 10.3. The third kappa shape index (κ3) is 7.82. The molecule has 0 amide bonds. The fourth-order valence-electron chi connectivity index (χ4n) is 4.30. The molecule has 4 rings (SSSR count). The average Bonchev–Trinajstić information content (AvgIpc) is 2.86. The van der Waals surface area contributed by atoms with E-state index in [9.17, 15) is 4.79 Å². The second-order valence-corrected chi connectivity index (χ2v) is 14.3. The van der Waals surface area contributed by atoms with Crippen molar-refractivity contribution in [2.75, 3.05) is 19.8 Å². The summed E-state index contributed by atoms with van der Waals surface area (Å²) in [5, 5.41) is 0. The summed E-state index contributed by atoms with van der Waals surface area (Å²) in [6, 6.07) is 23.7. The Hall–Kier alpha value is -2.38. The lowest BCUT2D eigenvalue weighted by Gasteiger charge is -2.39. The molecule has 0 aliphatic carbocycles. The maximum Gasteiger partial charge on any atom is 0.358 e. The monoisotopic (exact) mass is 627 g/mol. The van der Waals surface area contributed by atoms with Gasteiger partial charge in [0.05, 0.1) is 18.6 Å². The predicted molar refractivity (Wildman–Crippen MR) is 148 cm³/mol. The first-order valence-electron chi connectivity index (χ1n) is 13.5. The minimum atomic E-state index is -0.233. The summed E-state index contributed by atoms with van der Waals surface area (Å²) in [6.45, 7) is 12.9. The summed E-state index contributed by atoms with van der Waals surface area (Å²) in [6.07, 6.45) is 3.03. The summed E-state index contributed by atoms with van der Waals surface area (Å²) < 4.78 is 19.8. The van der Waals surface area contributed by atoms with E-state index < -0.39 is 0 Å². The lowest BCUT2D eigenvalue weighted by molar-refractivity contribution is -0.598. The van der Waals surface area contributed by atoms with Crippen molar-refractivity contribution in [2.45, 2.75) is 65.7 Å². The highest BCUT2D eigenvalue weighted by Gasteiger charge is 2.38. The minimum absolute atomic E-state index is 0.0459. The topological polar surface area (TPSA) is 44.8 Å². The van der Waals surface area contributed by atoms with Crippen molar-refractivity contribution in [3.05, 3.63) is 90.6 Å². The van der Waals surface area contributed by atoms with Crippen molar-refractivity contribution < 1.29 is 40.2 Å². The predicted octanol–water partition coefficient (Wildman–Crippen LogP) is 4.51. The largest absolute Gasteiger partial charge is 0.465 e. The van der Waals surface area contributed by atoms with Gasteiger partial charge in [-0.1, -0.05) is 52.0 Å². The first-order chi connectivity index (χ1) is 18.2. The lowest BCUT2D eigenvalue weighted by Crippen LogP contribution is -3.61. The molecular formula is C33H40IO4+. The van der Waals surface area contributed by atoms with Gasteiger partial charge >= 0.3 is 27.2 Å². The van der Waals surface area contributed by atoms with E-state index in [2.05, 4.69) is 89.2 Å². The Kier molecular flexibility index (Phi) is 9.53. The van der Waals surface area contributed by atoms with Crippen LogP contribution in [0.15, 0.2) is 66.7 Å². The molecule has 0 radical (unpaired) electrons. The van der Waals surface area contributed by atoms with Crippen LogP contribution in [0.4, 0.5) is 0 Å². The molecule has 5 heteroatoms. The lowest BCUT2D eigenvalue weighted by atomic mass is 9.84. The van der Waals surface area contributed by atoms with Gasteiger partial charge in [-0.3, -0.25) is 4.79 Å². The highest BCUT2D eigenvalue weighted by molar-refractivity contribution is 5.69. The number of hydrogen-bond acceptors (Lipinski definition) is 4. The zero-order valence-corrected chi connectivity index (χ0v) is 25.5. The van der Waals surface area contributed by atoms with Crippen molar-refractivity contribution >= 4 is 5.97 Å². The molecule has 0 atom stereocenters. The van der Waals surface area contributed by atoms with Gasteiger partial charge in [-0.25, -0.2) is 0 Å². The zero-order chi connectivity index (χ0) is 27.2. The van der Waals surface area contributed by atoms with Crippen molar-refractivity contribution in [3.8, 4) is 11.5 Å². The Morgan fingerprint density at radius 3 is 2.24 bits per heavy atom. The van der Waals surface area contributed by atoms with Gasteiger partial charge in [-0.05, 0) is 85.2 Å².